The summed E-state index contributed by atoms with van der Waals surface area (Å²) in [5, 5.41) is 3.20. The summed E-state index contributed by atoms with van der Waals surface area (Å²) in [5.41, 5.74) is 3.60. The van der Waals surface area contributed by atoms with E-state index in [2.05, 4.69) is 23.5 Å². The SMILES string of the molecule is COc1ccccc1C1C2=CCCC=C2CCN1C(=O)CNC1CCCC1=O. The zero-order valence-electron chi connectivity index (χ0n) is 16.4. The van der Waals surface area contributed by atoms with Crippen LogP contribution < -0.4 is 10.1 Å². The minimum atomic E-state index is -0.164. The number of carbonyl (C=O) groups is 2. The van der Waals surface area contributed by atoms with Gasteiger partial charge in [0.25, 0.3) is 0 Å². The molecular formula is C23H28N2O3. The lowest BCUT2D eigenvalue weighted by Gasteiger charge is -2.41. The Hall–Kier alpha value is -2.40. The number of para-hydroxylation sites is 1. The highest BCUT2D eigenvalue weighted by atomic mass is 16.5. The summed E-state index contributed by atoms with van der Waals surface area (Å²) in [6.07, 6.45) is 9.92. The van der Waals surface area contributed by atoms with Gasteiger partial charge in [0.2, 0.25) is 5.91 Å². The highest BCUT2D eigenvalue weighted by molar-refractivity contribution is 5.87. The van der Waals surface area contributed by atoms with Crippen LogP contribution in [0.5, 0.6) is 5.75 Å². The third-order valence-electron chi connectivity index (χ3n) is 6.08. The Labute approximate surface area is 166 Å². The quantitative estimate of drug-likeness (QED) is 0.851. The number of Topliss-reactive ketones (excluding diaryl/α,β-unsaturated/α-hetero) is 1. The highest BCUT2D eigenvalue weighted by Crippen LogP contribution is 2.43. The van der Waals surface area contributed by atoms with Crippen molar-refractivity contribution in [2.45, 2.75) is 50.6 Å². The van der Waals surface area contributed by atoms with Crippen LogP contribution in [0.25, 0.3) is 0 Å². The number of likely N-dealkylation sites (tertiary alicyclic amines) is 1. The predicted octanol–water partition coefficient (Wildman–Crippen LogP) is 3.33. The van der Waals surface area contributed by atoms with Crippen LogP contribution in [-0.2, 0) is 9.59 Å². The largest absolute Gasteiger partial charge is 0.496 e. The molecule has 0 spiro atoms. The van der Waals surface area contributed by atoms with E-state index in [-0.39, 0.29) is 30.3 Å². The van der Waals surface area contributed by atoms with Crippen molar-refractivity contribution in [2.24, 2.45) is 0 Å². The second-order valence-corrected chi connectivity index (χ2v) is 7.74. The molecule has 28 heavy (non-hydrogen) atoms. The average Bonchev–Trinajstić information content (AvgIpc) is 3.15. The Bertz CT molecular complexity index is 827. The number of piperidine rings is 1. The molecule has 2 unspecified atom stereocenters. The van der Waals surface area contributed by atoms with Crippen molar-refractivity contribution in [1.29, 1.82) is 0 Å². The Morgan fingerprint density at radius 1 is 1.21 bits per heavy atom. The van der Waals surface area contributed by atoms with Gasteiger partial charge in [-0.25, -0.2) is 0 Å². The van der Waals surface area contributed by atoms with Crippen LogP contribution in [0.1, 0.15) is 50.1 Å². The number of ketones is 1. The maximum atomic E-state index is 13.2. The van der Waals surface area contributed by atoms with E-state index in [0.29, 0.717) is 13.0 Å². The van der Waals surface area contributed by atoms with Gasteiger partial charge in [0.15, 0.2) is 0 Å². The summed E-state index contributed by atoms with van der Waals surface area (Å²) in [5.74, 6) is 1.08. The number of allylic oxidation sites excluding steroid dienone is 2. The molecule has 0 bridgehead atoms. The standard InChI is InChI=1S/C23H28N2O3/c1-28-21-12-5-4-9-18(21)23-17-8-3-2-7-16(17)13-14-25(23)22(27)15-24-19-10-6-11-20(19)26/h4-5,7-9,12,19,23-24H,2-3,6,10-11,13-15H2,1H3. The lowest BCUT2D eigenvalue weighted by atomic mass is 9.82. The number of methoxy groups -OCH3 is 1. The number of amides is 1. The molecule has 5 heteroatoms. The molecule has 0 radical (unpaired) electrons. The van der Waals surface area contributed by atoms with E-state index in [1.54, 1.807) is 7.11 Å². The molecule has 1 saturated carbocycles. The van der Waals surface area contributed by atoms with Crippen LogP contribution in [0.2, 0.25) is 0 Å². The van der Waals surface area contributed by atoms with Gasteiger partial charge < -0.3 is 9.64 Å². The molecule has 5 nitrogen and oxygen atoms in total. The number of ether oxygens (including phenoxy) is 1. The van der Waals surface area contributed by atoms with Crippen molar-refractivity contribution in [3.8, 4) is 5.75 Å². The van der Waals surface area contributed by atoms with Crippen LogP contribution in [0, 0.1) is 0 Å². The zero-order chi connectivity index (χ0) is 19.5. The minimum absolute atomic E-state index is 0.0427. The molecule has 2 fully saturated rings. The molecule has 2 atom stereocenters. The van der Waals surface area contributed by atoms with Crippen molar-refractivity contribution in [3.05, 3.63) is 53.1 Å². The number of fused-ring (bicyclic) bond motifs is 1. The highest BCUT2D eigenvalue weighted by Gasteiger charge is 2.36. The van der Waals surface area contributed by atoms with Crippen LogP contribution in [0.3, 0.4) is 0 Å². The number of hydrogen-bond donors (Lipinski definition) is 1. The van der Waals surface area contributed by atoms with Crippen molar-refractivity contribution >= 4 is 11.7 Å². The van der Waals surface area contributed by atoms with Gasteiger partial charge in [-0.3, -0.25) is 14.9 Å². The Kier molecular flexibility index (Phi) is 5.62. The average molecular weight is 380 g/mol. The molecule has 1 aromatic rings. The van der Waals surface area contributed by atoms with Crippen molar-refractivity contribution in [1.82, 2.24) is 10.2 Å². The smallest absolute Gasteiger partial charge is 0.237 e. The monoisotopic (exact) mass is 380 g/mol. The third-order valence-corrected chi connectivity index (χ3v) is 6.08. The maximum absolute atomic E-state index is 13.2. The molecule has 1 heterocycles. The van der Waals surface area contributed by atoms with Gasteiger partial charge in [-0.2, -0.15) is 0 Å². The lowest BCUT2D eigenvalue weighted by molar-refractivity contribution is -0.132. The lowest BCUT2D eigenvalue weighted by Crippen LogP contribution is -2.47. The van der Waals surface area contributed by atoms with Gasteiger partial charge in [-0.05, 0) is 49.3 Å². The fourth-order valence-electron chi connectivity index (χ4n) is 4.66. The fourth-order valence-corrected chi connectivity index (χ4v) is 4.66. The number of benzene rings is 1. The van der Waals surface area contributed by atoms with Crippen molar-refractivity contribution in [2.75, 3.05) is 20.2 Å². The first-order valence-electron chi connectivity index (χ1n) is 10.3. The normalized spacial score (nSPS) is 24.5. The predicted molar refractivity (Wildman–Crippen MR) is 108 cm³/mol. The summed E-state index contributed by atoms with van der Waals surface area (Å²) in [4.78, 5) is 27.0. The van der Waals surface area contributed by atoms with Gasteiger partial charge in [0, 0.05) is 18.5 Å². The molecule has 1 aromatic carbocycles. The first-order chi connectivity index (χ1) is 13.7. The number of rotatable bonds is 5. The van der Waals surface area contributed by atoms with E-state index in [9.17, 15) is 9.59 Å². The molecule has 3 aliphatic rings. The van der Waals surface area contributed by atoms with Gasteiger partial charge in [0.1, 0.15) is 11.5 Å². The first-order valence-corrected chi connectivity index (χ1v) is 10.3. The molecule has 148 valence electrons. The van der Waals surface area contributed by atoms with Crippen molar-refractivity contribution < 1.29 is 14.3 Å². The van der Waals surface area contributed by atoms with Crippen LogP contribution in [0.4, 0.5) is 0 Å². The zero-order valence-corrected chi connectivity index (χ0v) is 16.4. The van der Waals surface area contributed by atoms with Gasteiger partial charge in [-0.15, -0.1) is 0 Å². The molecule has 4 rings (SSSR count). The summed E-state index contributed by atoms with van der Waals surface area (Å²) >= 11 is 0. The fraction of sp³-hybridized carbons (Fsp3) is 0.478. The van der Waals surface area contributed by atoms with E-state index in [1.165, 1.54) is 11.1 Å². The summed E-state index contributed by atoms with van der Waals surface area (Å²) in [6.45, 7) is 0.888. The van der Waals surface area contributed by atoms with E-state index in [4.69, 9.17) is 4.74 Å². The molecule has 1 amide bonds. The van der Waals surface area contributed by atoms with Gasteiger partial charge >= 0.3 is 0 Å². The van der Waals surface area contributed by atoms with Crippen LogP contribution >= 0.6 is 0 Å². The van der Waals surface area contributed by atoms with E-state index >= 15 is 0 Å². The van der Waals surface area contributed by atoms with Gasteiger partial charge in [0.05, 0.1) is 25.7 Å². The third kappa shape index (κ3) is 3.63. The second kappa shape index (κ2) is 8.31. The second-order valence-electron chi connectivity index (χ2n) is 7.74. The van der Waals surface area contributed by atoms with Crippen LogP contribution in [0.15, 0.2) is 47.6 Å². The Balaban J connectivity index is 1.61. The summed E-state index contributed by atoms with van der Waals surface area (Å²) in [6, 6.07) is 7.66. The van der Waals surface area contributed by atoms with Crippen molar-refractivity contribution in [3.63, 3.8) is 0 Å². The molecule has 2 aliphatic carbocycles. The molecule has 1 aliphatic heterocycles. The van der Waals surface area contributed by atoms with E-state index < -0.39 is 0 Å². The Morgan fingerprint density at radius 3 is 2.82 bits per heavy atom. The molecule has 1 saturated heterocycles. The molecular weight excluding hydrogens is 352 g/mol. The molecule has 1 N–H and O–H groups in total. The number of carbonyl (C=O) groups excluding carboxylic acids is 2. The topological polar surface area (TPSA) is 58.6 Å². The van der Waals surface area contributed by atoms with Gasteiger partial charge in [-0.1, -0.05) is 30.4 Å². The number of nitrogens with zero attached hydrogens (tertiary/aromatic N) is 1. The Morgan fingerprint density at radius 2 is 2.04 bits per heavy atom. The van der Waals surface area contributed by atoms with Crippen LogP contribution in [-0.4, -0.2) is 42.8 Å². The summed E-state index contributed by atoms with van der Waals surface area (Å²) in [7, 11) is 1.67. The first kappa shape index (κ1) is 18.9. The minimum Gasteiger partial charge on any atom is -0.496 e. The maximum Gasteiger partial charge on any atom is 0.237 e. The number of hydrogen-bond acceptors (Lipinski definition) is 4. The summed E-state index contributed by atoms with van der Waals surface area (Å²) < 4.78 is 5.62. The number of nitrogens with one attached hydrogen (secondary N) is 1. The van der Waals surface area contributed by atoms with E-state index in [1.807, 2.05) is 23.1 Å². The van der Waals surface area contributed by atoms with E-state index in [0.717, 1.165) is 43.4 Å². The molecule has 0 aromatic heterocycles.